The van der Waals surface area contributed by atoms with Crippen LogP contribution in [-0.4, -0.2) is 26.9 Å². The van der Waals surface area contributed by atoms with Crippen molar-refractivity contribution >= 4 is 5.82 Å². The number of nitrogens with zero attached hydrogens (tertiary/aromatic N) is 4. The summed E-state index contributed by atoms with van der Waals surface area (Å²) in [6.45, 7) is 6.73. The first kappa shape index (κ1) is 15.4. The molecule has 0 radical (unpaired) electrons. The van der Waals surface area contributed by atoms with Gasteiger partial charge in [-0.05, 0) is 0 Å². The van der Waals surface area contributed by atoms with Crippen LogP contribution in [0.25, 0.3) is 11.4 Å². The average Bonchev–Trinajstić information content (AvgIpc) is 2.81. The Morgan fingerprint density at radius 1 is 1.33 bits per heavy atom. The number of aromatic nitrogens is 4. The third-order valence-corrected chi connectivity index (χ3v) is 3.00. The molecule has 0 aliphatic heterocycles. The van der Waals surface area contributed by atoms with E-state index in [9.17, 15) is 0 Å². The quantitative estimate of drug-likeness (QED) is 0.656. The summed E-state index contributed by atoms with van der Waals surface area (Å²) in [7, 11) is 3.52. The van der Waals surface area contributed by atoms with Gasteiger partial charge in [-0.1, -0.05) is 20.8 Å². The van der Waals surface area contributed by atoms with E-state index < -0.39 is 0 Å². The summed E-state index contributed by atoms with van der Waals surface area (Å²) in [5.74, 6) is 6.63. The van der Waals surface area contributed by atoms with Crippen molar-refractivity contribution < 1.29 is 4.74 Å². The molecule has 0 unspecified atom stereocenters. The van der Waals surface area contributed by atoms with E-state index in [1.54, 1.807) is 17.9 Å². The van der Waals surface area contributed by atoms with Crippen LogP contribution < -0.4 is 11.3 Å². The second-order valence-corrected chi connectivity index (χ2v) is 5.96. The lowest BCUT2D eigenvalue weighted by molar-refractivity contribution is 0.181. The number of hydrogen-bond donors (Lipinski definition) is 2. The number of methoxy groups -OCH3 is 1. The molecule has 0 aliphatic rings. The third-order valence-electron chi connectivity index (χ3n) is 3.00. The van der Waals surface area contributed by atoms with Crippen molar-refractivity contribution in [2.45, 2.75) is 32.8 Å². The molecule has 0 amide bonds. The lowest BCUT2D eigenvalue weighted by Gasteiger charge is -2.17. The second-order valence-electron chi connectivity index (χ2n) is 5.96. The highest BCUT2D eigenvalue weighted by Crippen LogP contribution is 2.30. The molecule has 0 aromatic carbocycles. The van der Waals surface area contributed by atoms with Crippen LogP contribution in [0, 0.1) is 0 Å². The Labute approximate surface area is 124 Å². The van der Waals surface area contributed by atoms with E-state index in [1.165, 1.54) is 0 Å². The van der Waals surface area contributed by atoms with Crippen molar-refractivity contribution in [2.75, 3.05) is 12.5 Å². The molecule has 7 heteroatoms. The average molecular weight is 290 g/mol. The fraction of sp³-hybridized carbons (Fsp3) is 0.500. The Bertz CT molecular complexity index is 629. The van der Waals surface area contributed by atoms with E-state index in [-0.39, 0.29) is 5.41 Å². The van der Waals surface area contributed by atoms with Crippen molar-refractivity contribution in [1.82, 2.24) is 19.7 Å². The van der Waals surface area contributed by atoms with E-state index in [2.05, 4.69) is 41.3 Å². The molecule has 114 valence electrons. The third kappa shape index (κ3) is 3.37. The van der Waals surface area contributed by atoms with Crippen LogP contribution in [0.4, 0.5) is 5.82 Å². The van der Waals surface area contributed by atoms with Gasteiger partial charge in [-0.25, -0.2) is 15.8 Å². The molecule has 0 bridgehead atoms. The maximum Gasteiger partial charge on any atom is 0.165 e. The van der Waals surface area contributed by atoms with Crippen molar-refractivity contribution in [3.8, 4) is 11.4 Å². The first-order valence-corrected chi connectivity index (χ1v) is 6.73. The summed E-state index contributed by atoms with van der Waals surface area (Å²) in [5.41, 5.74) is 5.08. The number of anilines is 1. The molecule has 0 atom stereocenters. The highest BCUT2D eigenvalue weighted by molar-refractivity contribution is 5.61. The molecule has 2 heterocycles. The zero-order valence-electron chi connectivity index (χ0n) is 13.1. The minimum atomic E-state index is -0.104. The van der Waals surface area contributed by atoms with E-state index >= 15 is 0 Å². The Morgan fingerprint density at radius 2 is 2.05 bits per heavy atom. The van der Waals surface area contributed by atoms with Gasteiger partial charge in [0.05, 0.1) is 23.6 Å². The van der Waals surface area contributed by atoms with Crippen molar-refractivity contribution in [2.24, 2.45) is 12.9 Å². The lowest BCUT2D eigenvalue weighted by atomic mass is 9.89. The molecule has 0 aliphatic carbocycles. The Hall–Kier alpha value is -1.99. The summed E-state index contributed by atoms with van der Waals surface area (Å²) in [6, 6.07) is 1.76. The number of nitrogens with one attached hydrogen (secondary N) is 1. The zero-order valence-corrected chi connectivity index (χ0v) is 13.1. The topological polar surface area (TPSA) is 90.9 Å². The number of nitrogen functional groups attached to an aromatic ring is 1. The van der Waals surface area contributed by atoms with E-state index in [4.69, 9.17) is 10.6 Å². The van der Waals surface area contributed by atoms with Gasteiger partial charge in [0.25, 0.3) is 0 Å². The molecule has 0 spiro atoms. The normalized spacial score (nSPS) is 11.7. The molecule has 21 heavy (non-hydrogen) atoms. The SMILES string of the molecule is COCc1cc(NN)nc(-c2cn(C)nc2C(C)(C)C)n1. The van der Waals surface area contributed by atoms with E-state index in [0.717, 1.165) is 17.0 Å². The maximum atomic E-state index is 5.49. The van der Waals surface area contributed by atoms with Gasteiger partial charge < -0.3 is 10.2 Å². The van der Waals surface area contributed by atoms with Gasteiger partial charge in [-0.15, -0.1) is 0 Å². The summed E-state index contributed by atoms with van der Waals surface area (Å²) in [5, 5.41) is 4.54. The standard InChI is InChI=1S/C14H22N6O/c1-14(2,3)12-10(7-20(4)19-12)13-16-9(8-21-5)6-11(17-13)18-15/h6-7H,8,15H2,1-5H3,(H,16,17,18). The summed E-state index contributed by atoms with van der Waals surface area (Å²) >= 11 is 0. The summed E-state index contributed by atoms with van der Waals surface area (Å²) in [6.07, 6.45) is 1.92. The molecule has 2 rings (SSSR count). The Balaban J connectivity index is 2.58. The fourth-order valence-electron chi connectivity index (χ4n) is 2.12. The van der Waals surface area contributed by atoms with Crippen LogP contribution in [-0.2, 0) is 23.8 Å². The number of ether oxygens (including phenoxy) is 1. The smallest absolute Gasteiger partial charge is 0.165 e. The van der Waals surface area contributed by atoms with E-state index in [0.29, 0.717) is 18.2 Å². The van der Waals surface area contributed by atoms with Crippen LogP contribution in [0.15, 0.2) is 12.3 Å². The molecular weight excluding hydrogens is 268 g/mol. The van der Waals surface area contributed by atoms with Crippen LogP contribution in [0.1, 0.15) is 32.2 Å². The van der Waals surface area contributed by atoms with Crippen molar-refractivity contribution in [1.29, 1.82) is 0 Å². The minimum Gasteiger partial charge on any atom is -0.378 e. The van der Waals surface area contributed by atoms with Gasteiger partial charge in [-0.3, -0.25) is 4.68 Å². The second kappa shape index (κ2) is 5.79. The Kier molecular flexibility index (Phi) is 4.24. The molecule has 2 aromatic heterocycles. The number of hydrazine groups is 1. The van der Waals surface area contributed by atoms with Crippen molar-refractivity contribution in [3.05, 3.63) is 23.7 Å². The molecule has 7 nitrogen and oxygen atoms in total. The summed E-state index contributed by atoms with van der Waals surface area (Å²) in [4.78, 5) is 8.98. The predicted molar refractivity (Wildman–Crippen MR) is 81.5 cm³/mol. The highest BCUT2D eigenvalue weighted by atomic mass is 16.5. The molecule has 0 fully saturated rings. The first-order valence-electron chi connectivity index (χ1n) is 6.73. The number of aryl methyl sites for hydroxylation is 1. The van der Waals surface area contributed by atoms with Crippen LogP contribution in [0.2, 0.25) is 0 Å². The minimum absolute atomic E-state index is 0.104. The van der Waals surface area contributed by atoms with Gasteiger partial charge in [-0.2, -0.15) is 5.10 Å². The van der Waals surface area contributed by atoms with Crippen molar-refractivity contribution in [3.63, 3.8) is 0 Å². The molecule has 0 saturated carbocycles. The maximum absolute atomic E-state index is 5.49. The summed E-state index contributed by atoms with van der Waals surface area (Å²) < 4.78 is 6.92. The highest BCUT2D eigenvalue weighted by Gasteiger charge is 2.24. The molecular formula is C14H22N6O. The van der Waals surface area contributed by atoms with Gasteiger partial charge in [0.15, 0.2) is 5.82 Å². The van der Waals surface area contributed by atoms with Gasteiger partial charge in [0, 0.05) is 31.8 Å². The number of rotatable bonds is 4. The molecule has 0 saturated heterocycles. The zero-order chi connectivity index (χ0) is 15.6. The molecule has 2 aromatic rings. The first-order chi connectivity index (χ1) is 9.85. The number of nitrogens with two attached hydrogens (primary N) is 1. The lowest BCUT2D eigenvalue weighted by Crippen LogP contribution is -2.15. The monoisotopic (exact) mass is 290 g/mol. The van der Waals surface area contributed by atoms with Crippen LogP contribution >= 0.6 is 0 Å². The largest absolute Gasteiger partial charge is 0.378 e. The Morgan fingerprint density at radius 3 is 2.62 bits per heavy atom. The van der Waals surface area contributed by atoms with Gasteiger partial charge in [0.1, 0.15) is 5.82 Å². The van der Waals surface area contributed by atoms with Crippen LogP contribution in [0.5, 0.6) is 0 Å². The van der Waals surface area contributed by atoms with E-state index in [1.807, 2.05) is 13.2 Å². The molecule has 3 N–H and O–H groups in total. The van der Waals surface area contributed by atoms with Gasteiger partial charge in [0.2, 0.25) is 0 Å². The number of hydrogen-bond acceptors (Lipinski definition) is 6. The predicted octanol–water partition coefficient (Wildman–Crippen LogP) is 1.61. The van der Waals surface area contributed by atoms with Crippen LogP contribution in [0.3, 0.4) is 0 Å². The fourth-order valence-corrected chi connectivity index (χ4v) is 2.12. The van der Waals surface area contributed by atoms with Gasteiger partial charge >= 0.3 is 0 Å².